The smallest absolute Gasteiger partial charge is 0.429 e. The predicted molar refractivity (Wildman–Crippen MR) is 143 cm³/mol. The summed E-state index contributed by atoms with van der Waals surface area (Å²) in [5.74, 6) is -6.13. The van der Waals surface area contributed by atoms with Gasteiger partial charge >= 0.3 is 6.11 Å². The molecular formula is C33H20F8O. The number of hydrogen-bond donors (Lipinski definition) is 0. The van der Waals surface area contributed by atoms with Crippen LogP contribution < -0.4 is 4.74 Å². The molecule has 0 bridgehead atoms. The molecule has 0 aromatic heterocycles. The summed E-state index contributed by atoms with van der Waals surface area (Å²) in [6.45, 7) is 2.78. The van der Waals surface area contributed by atoms with Gasteiger partial charge in [-0.15, -0.1) is 0 Å². The Labute approximate surface area is 235 Å². The fourth-order valence-corrected chi connectivity index (χ4v) is 4.49. The highest BCUT2D eigenvalue weighted by Crippen LogP contribution is 2.37. The van der Waals surface area contributed by atoms with E-state index < -0.39 is 52.3 Å². The highest BCUT2D eigenvalue weighted by atomic mass is 19.3. The largest absolute Gasteiger partial charge is 0.429 e. The molecule has 9 heteroatoms. The molecule has 0 fully saturated rings. The van der Waals surface area contributed by atoms with Crippen LogP contribution in [0.15, 0.2) is 84.9 Å². The monoisotopic (exact) mass is 584 g/mol. The van der Waals surface area contributed by atoms with E-state index in [-0.39, 0.29) is 38.9 Å². The molecule has 0 spiro atoms. The lowest BCUT2D eigenvalue weighted by molar-refractivity contribution is -0.187. The van der Waals surface area contributed by atoms with Crippen molar-refractivity contribution < 1.29 is 39.9 Å². The van der Waals surface area contributed by atoms with Crippen molar-refractivity contribution in [2.45, 2.75) is 20.0 Å². The van der Waals surface area contributed by atoms with Gasteiger partial charge in [-0.1, -0.05) is 30.3 Å². The van der Waals surface area contributed by atoms with E-state index in [2.05, 4.69) is 4.74 Å². The van der Waals surface area contributed by atoms with Gasteiger partial charge in [0.05, 0.1) is 5.56 Å². The van der Waals surface area contributed by atoms with Crippen LogP contribution in [0, 0.1) is 48.8 Å². The SMILES string of the molecule is Cc1ccc(C(F)(F)Oc2ccc(-c3ccc(-c4ccc(-c5cc(F)c(C)c(F)c5)c(F)c4)c(F)c3)c(F)c2)c(F)c1. The summed E-state index contributed by atoms with van der Waals surface area (Å²) in [7, 11) is 0. The molecule has 0 heterocycles. The topological polar surface area (TPSA) is 9.23 Å². The van der Waals surface area contributed by atoms with E-state index in [4.69, 9.17) is 0 Å². The number of aryl methyl sites for hydroxylation is 1. The molecule has 0 saturated carbocycles. The molecule has 1 nitrogen and oxygen atoms in total. The van der Waals surface area contributed by atoms with Gasteiger partial charge in [0.25, 0.3) is 0 Å². The van der Waals surface area contributed by atoms with E-state index in [1.807, 2.05) is 0 Å². The third-order valence-electron chi connectivity index (χ3n) is 6.78. The fourth-order valence-electron chi connectivity index (χ4n) is 4.49. The minimum atomic E-state index is -4.09. The molecule has 0 radical (unpaired) electrons. The normalized spacial score (nSPS) is 11.6. The standard InChI is InChI=1S/C33H20F8O/c1-17-3-10-26(32(39)11-17)33(40,41)42-22-6-9-24(31(38)16-22)20-4-7-23(29(36)12-20)19-5-8-25(30(37)13-19)21-14-27(34)18(2)28(35)15-21/h3-16H,1-2H3. The lowest BCUT2D eigenvalue weighted by Crippen LogP contribution is -2.23. The Morgan fingerprint density at radius 3 is 1.45 bits per heavy atom. The highest BCUT2D eigenvalue weighted by molar-refractivity contribution is 5.74. The molecule has 0 unspecified atom stereocenters. The minimum Gasteiger partial charge on any atom is -0.429 e. The van der Waals surface area contributed by atoms with Gasteiger partial charge in [0.2, 0.25) is 0 Å². The summed E-state index contributed by atoms with van der Waals surface area (Å²) in [5.41, 5.74) is -0.909. The lowest BCUT2D eigenvalue weighted by Gasteiger charge is -2.19. The Balaban J connectivity index is 1.39. The summed E-state index contributed by atoms with van der Waals surface area (Å²) in [6.07, 6.45) is -4.09. The molecule has 0 amide bonds. The second kappa shape index (κ2) is 11.0. The molecule has 0 aliphatic heterocycles. The fraction of sp³-hybridized carbons (Fsp3) is 0.0909. The van der Waals surface area contributed by atoms with Gasteiger partial charge in [0, 0.05) is 28.3 Å². The molecule has 214 valence electrons. The number of alkyl halides is 2. The molecule has 0 N–H and O–H groups in total. The Morgan fingerprint density at radius 1 is 0.476 bits per heavy atom. The third-order valence-corrected chi connectivity index (χ3v) is 6.78. The van der Waals surface area contributed by atoms with Crippen molar-refractivity contribution in [1.29, 1.82) is 0 Å². The lowest BCUT2D eigenvalue weighted by atomic mass is 9.96. The van der Waals surface area contributed by atoms with E-state index in [1.165, 1.54) is 44.2 Å². The zero-order chi connectivity index (χ0) is 30.3. The number of rotatable bonds is 6. The van der Waals surface area contributed by atoms with Crippen LogP contribution in [0.2, 0.25) is 0 Å². The Morgan fingerprint density at radius 2 is 0.952 bits per heavy atom. The zero-order valence-electron chi connectivity index (χ0n) is 22.0. The predicted octanol–water partition coefficient (Wildman–Crippen LogP) is 10.3. The molecule has 0 aliphatic rings. The second-order valence-electron chi connectivity index (χ2n) is 9.70. The molecule has 5 rings (SSSR count). The first-order chi connectivity index (χ1) is 19.8. The first-order valence-electron chi connectivity index (χ1n) is 12.5. The average Bonchev–Trinajstić information content (AvgIpc) is 2.91. The molecule has 0 atom stereocenters. The molecular weight excluding hydrogens is 564 g/mol. The van der Waals surface area contributed by atoms with Gasteiger partial charge in [-0.05, 0) is 84.6 Å². The van der Waals surface area contributed by atoms with E-state index in [0.29, 0.717) is 11.6 Å². The third kappa shape index (κ3) is 5.59. The molecule has 5 aromatic rings. The second-order valence-corrected chi connectivity index (χ2v) is 9.70. The molecule has 42 heavy (non-hydrogen) atoms. The van der Waals surface area contributed by atoms with Crippen LogP contribution in [0.4, 0.5) is 35.1 Å². The first kappa shape index (κ1) is 28.9. The van der Waals surface area contributed by atoms with Gasteiger partial charge < -0.3 is 4.74 Å². The highest BCUT2D eigenvalue weighted by Gasteiger charge is 2.37. The van der Waals surface area contributed by atoms with Crippen molar-refractivity contribution in [1.82, 2.24) is 0 Å². The summed E-state index contributed by atoms with van der Waals surface area (Å²) in [4.78, 5) is 0. The summed E-state index contributed by atoms with van der Waals surface area (Å²) < 4.78 is 121. The van der Waals surface area contributed by atoms with Crippen LogP contribution in [-0.2, 0) is 6.11 Å². The van der Waals surface area contributed by atoms with E-state index in [0.717, 1.165) is 48.5 Å². The maximum Gasteiger partial charge on any atom is 0.429 e. The molecule has 5 aromatic carbocycles. The summed E-state index contributed by atoms with van der Waals surface area (Å²) >= 11 is 0. The van der Waals surface area contributed by atoms with Crippen LogP contribution in [0.3, 0.4) is 0 Å². The van der Waals surface area contributed by atoms with Crippen LogP contribution in [0.1, 0.15) is 16.7 Å². The molecule has 0 aliphatic carbocycles. The number of halogens is 8. The maximum atomic E-state index is 15.1. The molecule has 0 saturated heterocycles. The Kier molecular flexibility index (Phi) is 7.53. The number of benzene rings is 5. The summed E-state index contributed by atoms with van der Waals surface area (Å²) in [5, 5.41) is 0. The number of hydrogen-bond acceptors (Lipinski definition) is 1. The average molecular weight is 585 g/mol. The van der Waals surface area contributed by atoms with Gasteiger partial charge in [-0.2, -0.15) is 8.78 Å². The first-order valence-corrected chi connectivity index (χ1v) is 12.5. The quantitative estimate of drug-likeness (QED) is 0.181. The van der Waals surface area contributed by atoms with Gasteiger partial charge in [-0.25, -0.2) is 26.3 Å². The van der Waals surface area contributed by atoms with Crippen molar-refractivity contribution in [3.05, 3.63) is 137 Å². The van der Waals surface area contributed by atoms with Crippen molar-refractivity contribution in [2.24, 2.45) is 0 Å². The van der Waals surface area contributed by atoms with Crippen LogP contribution in [0.25, 0.3) is 33.4 Å². The van der Waals surface area contributed by atoms with E-state index in [1.54, 1.807) is 0 Å². The van der Waals surface area contributed by atoms with Crippen molar-refractivity contribution in [3.63, 3.8) is 0 Å². The van der Waals surface area contributed by atoms with Gasteiger partial charge in [0.15, 0.2) is 0 Å². The van der Waals surface area contributed by atoms with Gasteiger partial charge in [0.1, 0.15) is 40.7 Å². The van der Waals surface area contributed by atoms with Crippen molar-refractivity contribution >= 4 is 0 Å². The van der Waals surface area contributed by atoms with Crippen molar-refractivity contribution in [3.8, 4) is 39.1 Å². The van der Waals surface area contributed by atoms with Gasteiger partial charge in [-0.3, -0.25) is 0 Å². The Hall–Kier alpha value is -4.66. The Bertz CT molecular complexity index is 1810. The van der Waals surface area contributed by atoms with Crippen LogP contribution >= 0.6 is 0 Å². The van der Waals surface area contributed by atoms with Crippen molar-refractivity contribution in [2.75, 3.05) is 0 Å². The van der Waals surface area contributed by atoms with Crippen LogP contribution in [0.5, 0.6) is 5.75 Å². The van der Waals surface area contributed by atoms with E-state index in [9.17, 15) is 30.7 Å². The number of ether oxygens (including phenoxy) is 1. The zero-order valence-corrected chi connectivity index (χ0v) is 22.0. The maximum absolute atomic E-state index is 15.1. The van der Waals surface area contributed by atoms with Crippen LogP contribution in [-0.4, -0.2) is 0 Å². The minimum absolute atomic E-state index is 0.0277. The van der Waals surface area contributed by atoms with E-state index >= 15 is 4.39 Å². The summed E-state index contributed by atoms with van der Waals surface area (Å²) in [6, 6.07) is 15.2.